The van der Waals surface area contributed by atoms with Gasteiger partial charge in [0.15, 0.2) is 11.6 Å². The maximum Gasteiger partial charge on any atom is 0.223 e. The molecule has 3 rings (SSSR count). The summed E-state index contributed by atoms with van der Waals surface area (Å²) in [6.07, 6.45) is -3.19. The van der Waals surface area contributed by atoms with E-state index in [2.05, 4.69) is 5.32 Å². The van der Waals surface area contributed by atoms with Gasteiger partial charge in [0.1, 0.15) is 30.1 Å². The molecule has 148 valence electrons. The van der Waals surface area contributed by atoms with Crippen LogP contribution >= 0.6 is 0 Å². The lowest BCUT2D eigenvalue weighted by Crippen LogP contribution is -2.69. The van der Waals surface area contributed by atoms with E-state index in [-0.39, 0.29) is 18.3 Å². The van der Waals surface area contributed by atoms with Crippen LogP contribution in [0.15, 0.2) is 24.3 Å². The van der Waals surface area contributed by atoms with Crippen molar-refractivity contribution in [3.05, 3.63) is 29.8 Å². The summed E-state index contributed by atoms with van der Waals surface area (Å²) in [5.41, 5.74) is 0.557. The third-order valence-electron chi connectivity index (χ3n) is 4.57. The smallest absolute Gasteiger partial charge is 0.223 e. The van der Waals surface area contributed by atoms with Crippen molar-refractivity contribution >= 4 is 11.7 Å². The average molecular weight is 379 g/mol. The van der Waals surface area contributed by atoms with Crippen LogP contribution in [0.3, 0.4) is 0 Å². The molecule has 0 radical (unpaired) electrons. The minimum Gasteiger partial charge on any atom is -0.463 e. The number of carbonyl (C=O) groups excluding carboxylic acids is 2. The predicted octanol–water partition coefficient (Wildman–Crippen LogP) is 1.01. The first kappa shape index (κ1) is 19.8. The van der Waals surface area contributed by atoms with E-state index in [0.717, 1.165) is 0 Å². The molecule has 8 heteroatoms. The van der Waals surface area contributed by atoms with Gasteiger partial charge in [-0.2, -0.15) is 0 Å². The van der Waals surface area contributed by atoms with Crippen molar-refractivity contribution in [1.29, 1.82) is 0 Å². The van der Waals surface area contributed by atoms with Crippen LogP contribution in [0.25, 0.3) is 0 Å². The van der Waals surface area contributed by atoms with Crippen molar-refractivity contribution in [3.63, 3.8) is 0 Å². The van der Waals surface area contributed by atoms with Gasteiger partial charge in [0.25, 0.3) is 0 Å². The molecular formula is C19H25NO7. The number of aliphatic hydroxyl groups excluding tert-OH is 1. The highest BCUT2D eigenvalue weighted by molar-refractivity contribution is 5.94. The minimum absolute atomic E-state index is 0.0519. The molecule has 8 nitrogen and oxygen atoms in total. The molecule has 2 fully saturated rings. The fourth-order valence-corrected chi connectivity index (χ4v) is 3.24. The number of ketones is 1. The van der Waals surface area contributed by atoms with Crippen LogP contribution in [-0.4, -0.2) is 59.8 Å². The van der Waals surface area contributed by atoms with E-state index < -0.39 is 36.4 Å². The molecule has 0 spiro atoms. The number of fused-ring (bicyclic) bond motifs is 1. The molecule has 2 N–H and O–H groups in total. The summed E-state index contributed by atoms with van der Waals surface area (Å²) < 4.78 is 23.2. The van der Waals surface area contributed by atoms with Gasteiger partial charge in [-0.1, -0.05) is 0 Å². The van der Waals surface area contributed by atoms with Gasteiger partial charge in [0.05, 0.1) is 6.61 Å². The van der Waals surface area contributed by atoms with Gasteiger partial charge < -0.3 is 29.4 Å². The number of ether oxygens (including phenoxy) is 4. The maximum atomic E-state index is 11.6. The van der Waals surface area contributed by atoms with Gasteiger partial charge in [0.2, 0.25) is 12.2 Å². The van der Waals surface area contributed by atoms with Crippen LogP contribution in [-0.2, 0) is 19.0 Å². The summed E-state index contributed by atoms with van der Waals surface area (Å²) in [6.45, 7) is 6.57. The largest absolute Gasteiger partial charge is 0.463 e. The van der Waals surface area contributed by atoms with Crippen molar-refractivity contribution < 1.29 is 33.6 Å². The van der Waals surface area contributed by atoms with Gasteiger partial charge in [-0.25, -0.2) is 0 Å². The number of Topliss-reactive ketones (excluding diaryl/α,β-unsaturated/α-hetero) is 1. The normalized spacial score (nSPS) is 32.3. The number of hydrogen-bond acceptors (Lipinski definition) is 7. The Morgan fingerprint density at radius 3 is 2.48 bits per heavy atom. The Bertz CT molecular complexity index is 703. The fraction of sp³-hybridized carbons (Fsp3) is 0.579. The molecule has 2 aliphatic rings. The zero-order chi connectivity index (χ0) is 19.8. The van der Waals surface area contributed by atoms with E-state index in [9.17, 15) is 14.7 Å². The van der Waals surface area contributed by atoms with Crippen LogP contribution in [0.1, 0.15) is 38.1 Å². The van der Waals surface area contributed by atoms with Crippen LogP contribution in [0.5, 0.6) is 5.75 Å². The molecule has 1 aromatic carbocycles. The number of carbonyl (C=O) groups is 2. The molecule has 2 heterocycles. The molecule has 1 amide bonds. The second kappa shape index (κ2) is 7.55. The first-order chi connectivity index (χ1) is 12.7. The van der Waals surface area contributed by atoms with Gasteiger partial charge in [-0.3, -0.25) is 9.59 Å². The molecule has 2 saturated heterocycles. The van der Waals surface area contributed by atoms with Crippen molar-refractivity contribution in [1.82, 2.24) is 5.32 Å². The fourth-order valence-electron chi connectivity index (χ4n) is 3.24. The molecule has 27 heavy (non-hydrogen) atoms. The molecule has 5 atom stereocenters. The molecule has 0 bridgehead atoms. The number of nitrogens with one attached hydrogen (secondary N) is 1. The Balaban J connectivity index is 1.79. The van der Waals surface area contributed by atoms with Crippen LogP contribution < -0.4 is 10.1 Å². The Kier molecular flexibility index (Phi) is 5.53. The maximum absolute atomic E-state index is 11.6. The second-order valence-electron chi connectivity index (χ2n) is 7.25. The summed E-state index contributed by atoms with van der Waals surface area (Å²) in [5, 5.41) is 13.5. The highest BCUT2D eigenvalue weighted by Crippen LogP contribution is 2.33. The molecular weight excluding hydrogens is 354 g/mol. The number of hydrogen-bond donors (Lipinski definition) is 2. The van der Waals surface area contributed by atoms with Gasteiger partial charge in [-0.05, 0) is 45.0 Å². The quantitative estimate of drug-likeness (QED) is 0.753. The van der Waals surface area contributed by atoms with Crippen LogP contribution in [0, 0.1) is 0 Å². The van der Waals surface area contributed by atoms with E-state index in [1.165, 1.54) is 13.8 Å². The third-order valence-corrected chi connectivity index (χ3v) is 4.57. The second-order valence-corrected chi connectivity index (χ2v) is 7.25. The summed E-state index contributed by atoms with van der Waals surface area (Å²) in [6, 6.07) is 5.73. The molecule has 1 aromatic rings. The molecule has 0 aliphatic carbocycles. The summed E-state index contributed by atoms with van der Waals surface area (Å²) in [4.78, 5) is 23.0. The highest BCUT2D eigenvalue weighted by atomic mass is 16.8. The molecule has 2 aliphatic heterocycles. The van der Waals surface area contributed by atoms with Crippen molar-refractivity contribution in [3.8, 4) is 5.75 Å². The van der Waals surface area contributed by atoms with E-state index in [1.807, 2.05) is 0 Å². The lowest BCUT2D eigenvalue weighted by molar-refractivity contribution is -0.361. The van der Waals surface area contributed by atoms with E-state index in [1.54, 1.807) is 38.1 Å². The van der Waals surface area contributed by atoms with Gasteiger partial charge in [0, 0.05) is 12.5 Å². The average Bonchev–Trinajstić information content (AvgIpc) is 2.59. The van der Waals surface area contributed by atoms with E-state index >= 15 is 0 Å². The summed E-state index contributed by atoms with van der Waals surface area (Å²) in [7, 11) is 0. The monoisotopic (exact) mass is 379 g/mol. The predicted molar refractivity (Wildman–Crippen MR) is 94.3 cm³/mol. The number of aliphatic hydroxyl groups is 1. The zero-order valence-corrected chi connectivity index (χ0v) is 15.8. The summed E-state index contributed by atoms with van der Waals surface area (Å²) in [5.74, 6) is -0.788. The Morgan fingerprint density at radius 1 is 1.22 bits per heavy atom. The topological polar surface area (TPSA) is 103 Å². The highest BCUT2D eigenvalue weighted by Gasteiger charge is 2.52. The first-order valence-corrected chi connectivity index (χ1v) is 8.86. The lowest BCUT2D eigenvalue weighted by Gasteiger charge is -2.49. The van der Waals surface area contributed by atoms with Gasteiger partial charge in [-0.15, -0.1) is 0 Å². The Hall–Kier alpha value is -2.00. The van der Waals surface area contributed by atoms with Crippen LogP contribution in [0.2, 0.25) is 0 Å². The third kappa shape index (κ3) is 4.47. The summed E-state index contributed by atoms with van der Waals surface area (Å²) >= 11 is 0. The standard InChI is InChI=1S/C19H25NO7/c1-10(21)12-5-7-13(8-6-12)25-18-15(20-11(2)22)16(23)17-14(26-18)9-24-19(3,4)27-17/h5-8,14-18,23H,9H2,1-4H3,(H,20,22). The number of amides is 1. The molecule has 0 saturated carbocycles. The van der Waals surface area contributed by atoms with Gasteiger partial charge >= 0.3 is 0 Å². The number of rotatable bonds is 4. The van der Waals surface area contributed by atoms with Crippen molar-refractivity contribution in [2.75, 3.05) is 6.61 Å². The van der Waals surface area contributed by atoms with E-state index in [4.69, 9.17) is 18.9 Å². The number of benzene rings is 1. The van der Waals surface area contributed by atoms with E-state index in [0.29, 0.717) is 11.3 Å². The van der Waals surface area contributed by atoms with Crippen molar-refractivity contribution in [2.45, 2.75) is 64.1 Å². The first-order valence-electron chi connectivity index (χ1n) is 8.86. The minimum atomic E-state index is -1.04. The molecule has 5 unspecified atom stereocenters. The lowest BCUT2D eigenvalue weighted by atomic mass is 9.95. The Labute approximate surface area is 157 Å². The Morgan fingerprint density at radius 2 is 1.89 bits per heavy atom. The van der Waals surface area contributed by atoms with Crippen molar-refractivity contribution in [2.24, 2.45) is 0 Å². The zero-order valence-electron chi connectivity index (χ0n) is 15.8. The molecule has 0 aromatic heterocycles. The SMILES string of the molecule is CC(=O)NC1C(Oc2ccc(C(C)=O)cc2)OC2COC(C)(C)OC2C1O. The van der Waals surface area contributed by atoms with Crippen LogP contribution in [0.4, 0.5) is 0 Å².